The van der Waals surface area contributed by atoms with E-state index in [4.69, 9.17) is 4.74 Å². The van der Waals surface area contributed by atoms with Gasteiger partial charge in [-0.25, -0.2) is 0 Å². The van der Waals surface area contributed by atoms with Gasteiger partial charge in [0.15, 0.2) is 0 Å². The van der Waals surface area contributed by atoms with Gasteiger partial charge in [0.2, 0.25) is 0 Å². The second-order valence-electron chi connectivity index (χ2n) is 5.54. The lowest BCUT2D eigenvalue weighted by atomic mass is 9.96. The summed E-state index contributed by atoms with van der Waals surface area (Å²) >= 11 is 0. The molecule has 0 aromatic carbocycles. The molecule has 1 fully saturated rings. The smallest absolute Gasteiger partial charge is 0.309 e. The molecule has 106 valence electrons. The monoisotopic (exact) mass is 255 g/mol. The maximum atomic E-state index is 11.6. The Kier molecular flexibility index (Phi) is 7.33. The molecule has 0 aromatic rings. The highest BCUT2D eigenvalue weighted by Crippen LogP contribution is 2.22. The minimum atomic E-state index is -0.0492. The maximum Gasteiger partial charge on any atom is 0.309 e. The summed E-state index contributed by atoms with van der Waals surface area (Å²) in [5, 5.41) is 0. The SMILES string of the molecule is CCCC1CCCN(CC(C)C(=O)OCC)CC1. The van der Waals surface area contributed by atoms with Crippen molar-refractivity contribution in [1.82, 2.24) is 4.90 Å². The van der Waals surface area contributed by atoms with Gasteiger partial charge >= 0.3 is 5.97 Å². The van der Waals surface area contributed by atoms with Crippen molar-refractivity contribution < 1.29 is 9.53 Å². The summed E-state index contributed by atoms with van der Waals surface area (Å²) in [4.78, 5) is 14.1. The zero-order chi connectivity index (χ0) is 13.4. The Balaban J connectivity index is 2.32. The van der Waals surface area contributed by atoms with Crippen molar-refractivity contribution >= 4 is 5.97 Å². The number of ether oxygens (including phenoxy) is 1. The highest BCUT2D eigenvalue weighted by Gasteiger charge is 2.21. The van der Waals surface area contributed by atoms with Gasteiger partial charge in [0.05, 0.1) is 12.5 Å². The first-order valence-corrected chi connectivity index (χ1v) is 7.56. The van der Waals surface area contributed by atoms with Gasteiger partial charge in [-0.3, -0.25) is 4.79 Å². The Morgan fingerprint density at radius 3 is 2.78 bits per heavy atom. The van der Waals surface area contributed by atoms with E-state index in [9.17, 15) is 4.79 Å². The van der Waals surface area contributed by atoms with Gasteiger partial charge in [0.1, 0.15) is 0 Å². The molecule has 1 aliphatic rings. The summed E-state index contributed by atoms with van der Waals surface area (Å²) in [5.41, 5.74) is 0. The van der Waals surface area contributed by atoms with Gasteiger partial charge in [-0.2, -0.15) is 0 Å². The molecular formula is C15H29NO2. The van der Waals surface area contributed by atoms with Crippen LogP contribution in [0.3, 0.4) is 0 Å². The van der Waals surface area contributed by atoms with Crippen molar-refractivity contribution in [3.63, 3.8) is 0 Å². The summed E-state index contributed by atoms with van der Waals surface area (Å²) in [6, 6.07) is 0. The normalized spacial score (nSPS) is 23.4. The topological polar surface area (TPSA) is 29.5 Å². The second-order valence-corrected chi connectivity index (χ2v) is 5.54. The highest BCUT2D eigenvalue weighted by atomic mass is 16.5. The van der Waals surface area contributed by atoms with Crippen LogP contribution in [0.4, 0.5) is 0 Å². The number of likely N-dealkylation sites (tertiary alicyclic amines) is 1. The molecule has 0 spiro atoms. The standard InChI is InChI=1S/C15H29NO2/c1-4-7-14-8-6-10-16(11-9-14)12-13(3)15(17)18-5-2/h13-14H,4-12H2,1-3H3. The minimum absolute atomic E-state index is 0.00711. The van der Waals surface area contributed by atoms with Crippen LogP contribution in [0, 0.1) is 11.8 Å². The van der Waals surface area contributed by atoms with Crippen molar-refractivity contribution in [2.45, 2.75) is 52.9 Å². The maximum absolute atomic E-state index is 11.6. The molecule has 18 heavy (non-hydrogen) atoms. The summed E-state index contributed by atoms with van der Waals surface area (Å²) < 4.78 is 5.07. The molecule has 0 N–H and O–H groups in total. The third-order valence-corrected chi connectivity index (χ3v) is 3.86. The minimum Gasteiger partial charge on any atom is -0.466 e. The first-order valence-electron chi connectivity index (χ1n) is 7.56. The van der Waals surface area contributed by atoms with Crippen LogP contribution in [-0.2, 0) is 9.53 Å². The summed E-state index contributed by atoms with van der Waals surface area (Å²) in [7, 11) is 0. The highest BCUT2D eigenvalue weighted by molar-refractivity contribution is 5.72. The molecule has 0 amide bonds. The molecule has 1 saturated heterocycles. The molecule has 0 aliphatic carbocycles. The van der Waals surface area contributed by atoms with E-state index in [0.29, 0.717) is 6.61 Å². The van der Waals surface area contributed by atoms with Gasteiger partial charge < -0.3 is 9.64 Å². The molecule has 1 rings (SSSR count). The fourth-order valence-electron chi connectivity index (χ4n) is 2.85. The average Bonchev–Trinajstić information content (AvgIpc) is 2.56. The summed E-state index contributed by atoms with van der Waals surface area (Å²) in [6.45, 7) is 9.75. The number of rotatable bonds is 6. The molecule has 1 heterocycles. The number of hydrogen-bond donors (Lipinski definition) is 0. The number of hydrogen-bond acceptors (Lipinski definition) is 3. The quantitative estimate of drug-likeness (QED) is 0.683. The Bertz CT molecular complexity index is 243. The van der Waals surface area contributed by atoms with Crippen molar-refractivity contribution in [2.75, 3.05) is 26.2 Å². The number of nitrogens with zero attached hydrogens (tertiary/aromatic N) is 1. The van der Waals surface area contributed by atoms with E-state index in [1.54, 1.807) is 0 Å². The molecule has 0 aromatic heterocycles. The summed E-state index contributed by atoms with van der Waals surface area (Å²) in [5.74, 6) is 0.859. The Morgan fingerprint density at radius 1 is 1.33 bits per heavy atom. The van der Waals surface area contributed by atoms with Crippen LogP contribution in [0.15, 0.2) is 0 Å². The van der Waals surface area contributed by atoms with Gasteiger partial charge in [0, 0.05) is 6.54 Å². The lowest BCUT2D eigenvalue weighted by Gasteiger charge is -2.23. The van der Waals surface area contributed by atoms with Crippen molar-refractivity contribution in [2.24, 2.45) is 11.8 Å². The van der Waals surface area contributed by atoms with Gasteiger partial charge in [-0.1, -0.05) is 26.7 Å². The fourth-order valence-corrected chi connectivity index (χ4v) is 2.85. The van der Waals surface area contributed by atoms with Gasteiger partial charge in [-0.05, 0) is 45.2 Å². The Morgan fingerprint density at radius 2 is 2.11 bits per heavy atom. The van der Waals surface area contributed by atoms with Crippen LogP contribution in [-0.4, -0.2) is 37.1 Å². The summed E-state index contributed by atoms with van der Waals surface area (Å²) in [6.07, 6.45) is 6.59. The average molecular weight is 255 g/mol. The number of carbonyl (C=O) groups is 1. The van der Waals surface area contributed by atoms with Crippen LogP contribution in [0.1, 0.15) is 52.9 Å². The van der Waals surface area contributed by atoms with Crippen LogP contribution in [0.2, 0.25) is 0 Å². The van der Waals surface area contributed by atoms with E-state index in [0.717, 1.165) is 25.6 Å². The first-order chi connectivity index (χ1) is 8.67. The first kappa shape index (κ1) is 15.5. The second kappa shape index (κ2) is 8.52. The third-order valence-electron chi connectivity index (χ3n) is 3.86. The van der Waals surface area contributed by atoms with Crippen LogP contribution in [0.25, 0.3) is 0 Å². The molecular weight excluding hydrogens is 226 g/mol. The largest absolute Gasteiger partial charge is 0.466 e. The predicted molar refractivity (Wildman–Crippen MR) is 74.5 cm³/mol. The van der Waals surface area contributed by atoms with Gasteiger partial charge in [0.25, 0.3) is 0 Å². The predicted octanol–water partition coefficient (Wildman–Crippen LogP) is 3.09. The molecule has 2 atom stereocenters. The van der Waals surface area contributed by atoms with E-state index < -0.39 is 0 Å². The van der Waals surface area contributed by atoms with Crippen molar-refractivity contribution in [1.29, 1.82) is 0 Å². The molecule has 2 unspecified atom stereocenters. The molecule has 0 bridgehead atoms. The molecule has 1 aliphatic heterocycles. The van der Waals surface area contributed by atoms with Crippen LogP contribution >= 0.6 is 0 Å². The Hall–Kier alpha value is -0.570. The lowest BCUT2D eigenvalue weighted by Crippen LogP contribution is -2.33. The van der Waals surface area contributed by atoms with Crippen molar-refractivity contribution in [3.05, 3.63) is 0 Å². The Labute approximate surface area is 112 Å². The van der Waals surface area contributed by atoms with Crippen molar-refractivity contribution in [3.8, 4) is 0 Å². The van der Waals surface area contributed by atoms with E-state index in [1.165, 1.54) is 32.1 Å². The molecule has 3 nitrogen and oxygen atoms in total. The third kappa shape index (κ3) is 5.38. The van der Waals surface area contributed by atoms with E-state index >= 15 is 0 Å². The lowest BCUT2D eigenvalue weighted by molar-refractivity contribution is -0.148. The zero-order valence-corrected chi connectivity index (χ0v) is 12.3. The van der Waals surface area contributed by atoms with E-state index in [1.807, 2.05) is 13.8 Å². The fraction of sp³-hybridized carbons (Fsp3) is 0.933. The van der Waals surface area contributed by atoms with Crippen LogP contribution in [0.5, 0.6) is 0 Å². The zero-order valence-electron chi connectivity index (χ0n) is 12.3. The molecule has 0 saturated carbocycles. The number of esters is 1. The van der Waals surface area contributed by atoms with E-state index in [-0.39, 0.29) is 11.9 Å². The van der Waals surface area contributed by atoms with Gasteiger partial charge in [-0.15, -0.1) is 0 Å². The molecule has 0 radical (unpaired) electrons. The molecule has 3 heteroatoms. The number of carbonyl (C=O) groups excluding carboxylic acids is 1. The van der Waals surface area contributed by atoms with Crippen LogP contribution < -0.4 is 0 Å². The van der Waals surface area contributed by atoms with E-state index in [2.05, 4.69) is 11.8 Å².